The van der Waals surface area contributed by atoms with Gasteiger partial charge in [0.15, 0.2) is 18.6 Å². The lowest BCUT2D eigenvalue weighted by Gasteiger charge is -2.15. The van der Waals surface area contributed by atoms with E-state index in [9.17, 15) is 0 Å². The van der Waals surface area contributed by atoms with Gasteiger partial charge in [-0.3, -0.25) is 4.98 Å². The van der Waals surface area contributed by atoms with Crippen LogP contribution in [0.1, 0.15) is 16.8 Å². The number of imidazole rings is 1. The quantitative estimate of drug-likeness (QED) is 0.552. The summed E-state index contributed by atoms with van der Waals surface area (Å²) in [5, 5.41) is 0.244. The number of halogens is 1. The van der Waals surface area contributed by atoms with Gasteiger partial charge >= 0.3 is 0 Å². The van der Waals surface area contributed by atoms with Gasteiger partial charge in [-0.1, -0.05) is 11.6 Å². The van der Waals surface area contributed by atoms with Gasteiger partial charge in [-0.2, -0.15) is 9.97 Å². The Balaban J connectivity index is 2.12. The summed E-state index contributed by atoms with van der Waals surface area (Å²) in [7, 11) is 3.63. The first-order valence-corrected chi connectivity index (χ1v) is 7.44. The number of hydrogen-bond donors (Lipinski definition) is 1. The van der Waals surface area contributed by atoms with Gasteiger partial charge in [0, 0.05) is 16.7 Å². The van der Waals surface area contributed by atoms with E-state index in [1.54, 1.807) is 13.4 Å². The molecule has 2 N–H and O–H groups in total. The summed E-state index contributed by atoms with van der Waals surface area (Å²) in [6.07, 6.45) is 1.66. The van der Waals surface area contributed by atoms with E-state index in [-0.39, 0.29) is 11.1 Å². The Morgan fingerprint density at radius 1 is 1.26 bits per heavy atom. The highest BCUT2D eigenvalue weighted by Crippen LogP contribution is 2.25. The number of rotatable bonds is 3. The molecule has 0 aliphatic rings. The SMILES string of the molecule is Bc1nc(Cn2cnc3c(Cl)nc(N)nc32)c(C)c(OC)c1C. The lowest BCUT2D eigenvalue weighted by atomic mass is 9.95. The van der Waals surface area contributed by atoms with Crippen LogP contribution in [0.3, 0.4) is 0 Å². The maximum Gasteiger partial charge on any atom is 0.223 e. The zero-order valence-electron chi connectivity index (χ0n) is 13.4. The van der Waals surface area contributed by atoms with Crippen molar-refractivity contribution in [1.82, 2.24) is 24.5 Å². The van der Waals surface area contributed by atoms with Crippen LogP contribution in [-0.4, -0.2) is 39.5 Å². The summed E-state index contributed by atoms with van der Waals surface area (Å²) in [4.78, 5) is 17.1. The highest BCUT2D eigenvalue weighted by molar-refractivity contribution is 6.33. The molecule has 9 heteroatoms. The van der Waals surface area contributed by atoms with Crippen LogP contribution in [0.15, 0.2) is 6.33 Å². The summed E-state index contributed by atoms with van der Waals surface area (Å²) in [6.45, 7) is 4.48. The molecule has 23 heavy (non-hydrogen) atoms. The Hall–Kier alpha value is -2.35. The number of nitrogens with two attached hydrogens (primary N) is 1. The number of nitrogens with zero attached hydrogens (tertiary/aromatic N) is 5. The van der Waals surface area contributed by atoms with Crippen LogP contribution in [0, 0.1) is 13.8 Å². The van der Waals surface area contributed by atoms with E-state index in [0.29, 0.717) is 17.7 Å². The zero-order chi connectivity index (χ0) is 16.7. The Morgan fingerprint density at radius 3 is 2.70 bits per heavy atom. The van der Waals surface area contributed by atoms with Crippen molar-refractivity contribution in [2.45, 2.75) is 20.4 Å². The third-order valence-electron chi connectivity index (χ3n) is 3.92. The molecule has 0 saturated heterocycles. The van der Waals surface area contributed by atoms with Crippen LogP contribution in [0.5, 0.6) is 5.75 Å². The third kappa shape index (κ3) is 2.59. The molecule has 0 radical (unpaired) electrons. The predicted molar refractivity (Wildman–Crippen MR) is 92.3 cm³/mol. The Bertz CT molecular complexity index is 910. The highest BCUT2D eigenvalue weighted by Gasteiger charge is 2.16. The summed E-state index contributed by atoms with van der Waals surface area (Å²) in [5.41, 5.74) is 10.6. The topological polar surface area (TPSA) is 91.7 Å². The van der Waals surface area contributed by atoms with Crippen molar-refractivity contribution in [2.24, 2.45) is 0 Å². The first-order chi connectivity index (χ1) is 10.9. The van der Waals surface area contributed by atoms with Crippen LogP contribution in [0.4, 0.5) is 5.95 Å². The minimum Gasteiger partial charge on any atom is -0.496 e. The zero-order valence-corrected chi connectivity index (χ0v) is 14.1. The number of anilines is 1. The van der Waals surface area contributed by atoms with Gasteiger partial charge in [-0.05, 0) is 13.8 Å². The number of hydrogen-bond acceptors (Lipinski definition) is 6. The van der Waals surface area contributed by atoms with E-state index >= 15 is 0 Å². The minimum atomic E-state index is 0.117. The Labute approximate surface area is 139 Å². The molecule has 118 valence electrons. The Kier molecular flexibility index (Phi) is 3.85. The molecule has 0 aliphatic carbocycles. The van der Waals surface area contributed by atoms with Crippen molar-refractivity contribution < 1.29 is 4.74 Å². The number of aromatic nitrogens is 5. The summed E-state index contributed by atoms with van der Waals surface area (Å²) in [6, 6.07) is 0. The molecule has 3 heterocycles. The number of ether oxygens (including phenoxy) is 1. The fourth-order valence-electron chi connectivity index (χ4n) is 2.61. The van der Waals surface area contributed by atoms with Gasteiger partial charge in [0.2, 0.25) is 5.95 Å². The second-order valence-electron chi connectivity index (χ2n) is 5.34. The molecule has 7 nitrogen and oxygen atoms in total. The highest BCUT2D eigenvalue weighted by atomic mass is 35.5. The first-order valence-electron chi connectivity index (χ1n) is 7.07. The van der Waals surface area contributed by atoms with Crippen LogP contribution in [-0.2, 0) is 6.54 Å². The second-order valence-corrected chi connectivity index (χ2v) is 5.70. The molecule has 0 fully saturated rings. The molecule has 0 saturated carbocycles. The molecule has 0 bridgehead atoms. The van der Waals surface area contributed by atoms with Gasteiger partial charge in [0.25, 0.3) is 0 Å². The molecule has 3 aromatic rings. The third-order valence-corrected chi connectivity index (χ3v) is 4.19. The second kappa shape index (κ2) is 5.70. The molecule has 3 rings (SSSR count). The predicted octanol–water partition coefficient (Wildman–Crippen LogP) is 0.389. The largest absolute Gasteiger partial charge is 0.496 e. The monoisotopic (exact) mass is 330 g/mol. The van der Waals surface area contributed by atoms with Gasteiger partial charge in [-0.15, -0.1) is 0 Å². The molecule has 3 aromatic heterocycles. The molecule has 0 aromatic carbocycles. The fourth-order valence-corrected chi connectivity index (χ4v) is 2.83. The van der Waals surface area contributed by atoms with E-state index in [0.717, 1.165) is 28.2 Å². The molecular weight excluding hydrogens is 314 g/mol. The van der Waals surface area contributed by atoms with E-state index in [1.165, 1.54) is 0 Å². The van der Waals surface area contributed by atoms with Gasteiger partial charge in [-0.25, -0.2) is 4.98 Å². The lowest BCUT2D eigenvalue weighted by Crippen LogP contribution is -2.19. The van der Waals surface area contributed by atoms with E-state index in [2.05, 4.69) is 19.9 Å². The van der Waals surface area contributed by atoms with E-state index in [4.69, 9.17) is 22.1 Å². The number of fused-ring (bicyclic) bond motifs is 1. The number of methoxy groups -OCH3 is 1. The molecule has 0 spiro atoms. The van der Waals surface area contributed by atoms with Crippen molar-refractivity contribution >= 4 is 42.2 Å². The average Bonchev–Trinajstić information content (AvgIpc) is 2.89. The maximum absolute atomic E-state index is 6.06. The summed E-state index contributed by atoms with van der Waals surface area (Å²) in [5.74, 6) is 0.968. The van der Waals surface area contributed by atoms with E-state index < -0.39 is 0 Å². The summed E-state index contributed by atoms with van der Waals surface area (Å²) < 4.78 is 7.36. The fraction of sp³-hybridized carbons (Fsp3) is 0.286. The van der Waals surface area contributed by atoms with E-state index in [1.807, 2.05) is 26.3 Å². The molecule has 0 amide bonds. The van der Waals surface area contributed by atoms with Crippen molar-refractivity contribution in [3.05, 3.63) is 28.3 Å². The smallest absolute Gasteiger partial charge is 0.223 e. The van der Waals surface area contributed by atoms with Crippen molar-refractivity contribution in [1.29, 1.82) is 0 Å². The molecule has 0 aliphatic heterocycles. The normalized spacial score (nSPS) is 11.1. The van der Waals surface area contributed by atoms with Gasteiger partial charge in [0.05, 0.1) is 25.7 Å². The standard InChI is InChI=1S/C14H16BClN6O/c1-6-8(19-11(15)7(2)10(6)23-3)4-22-5-18-9-12(16)20-14(17)21-13(9)22/h5H,4,15H2,1-3H3,(H2,17,20,21). The van der Waals surface area contributed by atoms with Crippen molar-refractivity contribution in [2.75, 3.05) is 12.8 Å². The van der Waals surface area contributed by atoms with Crippen LogP contribution < -0.4 is 16.1 Å². The van der Waals surface area contributed by atoms with Crippen LogP contribution in [0.25, 0.3) is 11.2 Å². The van der Waals surface area contributed by atoms with Crippen LogP contribution in [0.2, 0.25) is 5.15 Å². The molecule has 0 atom stereocenters. The minimum absolute atomic E-state index is 0.117. The first kappa shape index (κ1) is 15.5. The van der Waals surface area contributed by atoms with Gasteiger partial charge in [0.1, 0.15) is 11.3 Å². The average molecular weight is 331 g/mol. The summed E-state index contributed by atoms with van der Waals surface area (Å²) >= 11 is 6.06. The van der Waals surface area contributed by atoms with Crippen molar-refractivity contribution in [3.63, 3.8) is 0 Å². The number of pyridine rings is 1. The maximum atomic E-state index is 6.06. The Morgan fingerprint density at radius 2 is 2.00 bits per heavy atom. The lowest BCUT2D eigenvalue weighted by molar-refractivity contribution is 0.407. The molecular formula is C14H16BClN6O. The van der Waals surface area contributed by atoms with Crippen molar-refractivity contribution in [3.8, 4) is 5.75 Å². The molecule has 0 unspecified atom stereocenters. The van der Waals surface area contributed by atoms with Gasteiger partial charge < -0.3 is 15.0 Å². The van der Waals surface area contributed by atoms with Crippen LogP contribution >= 0.6 is 11.6 Å². The number of nitrogen functional groups attached to an aromatic ring is 1.